The molecule has 0 radical (unpaired) electrons. The van der Waals surface area contributed by atoms with Gasteiger partial charge in [0.15, 0.2) is 0 Å². The van der Waals surface area contributed by atoms with Crippen LogP contribution in [0, 0.1) is 6.92 Å². The van der Waals surface area contributed by atoms with Gasteiger partial charge in [-0.15, -0.1) is 0 Å². The van der Waals surface area contributed by atoms with Gasteiger partial charge in [-0.05, 0) is 36.8 Å². The van der Waals surface area contributed by atoms with Crippen LogP contribution in [0.4, 0.5) is 0 Å². The van der Waals surface area contributed by atoms with Crippen molar-refractivity contribution in [2.24, 2.45) is 0 Å². The minimum absolute atomic E-state index is 0.588. The van der Waals surface area contributed by atoms with Gasteiger partial charge in [-0.3, -0.25) is 0 Å². The van der Waals surface area contributed by atoms with E-state index in [1.54, 1.807) is 11.8 Å². The molecular formula is C14H13ClOS. The molecule has 2 aromatic carbocycles. The Morgan fingerprint density at radius 1 is 1.12 bits per heavy atom. The number of aryl methyl sites for hydroxylation is 1. The fraction of sp³-hybridized carbons (Fsp3) is 0.143. The van der Waals surface area contributed by atoms with Crippen LogP contribution < -0.4 is 4.74 Å². The van der Waals surface area contributed by atoms with Crippen LogP contribution in [0.1, 0.15) is 5.56 Å². The number of thioether (sulfide) groups is 1. The first-order valence-electron chi connectivity index (χ1n) is 5.32. The lowest BCUT2D eigenvalue weighted by atomic mass is 10.2. The Labute approximate surface area is 111 Å². The van der Waals surface area contributed by atoms with Crippen molar-refractivity contribution in [3.8, 4) is 5.75 Å². The van der Waals surface area contributed by atoms with Crippen molar-refractivity contribution in [2.75, 3.05) is 5.94 Å². The number of para-hydroxylation sites is 1. The Balaban J connectivity index is 1.90. The Kier molecular flexibility index (Phi) is 4.35. The van der Waals surface area contributed by atoms with Gasteiger partial charge in [0.05, 0.1) is 0 Å². The Hall–Kier alpha value is -1.12. The number of hydrogen-bond acceptors (Lipinski definition) is 2. The maximum Gasteiger partial charge on any atom is 0.138 e. The summed E-state index contributed by atoms with van der Waals surface area (Å²) < 4.78 is 5.70. The van der Waals surface area contributed by atoms with Crippen LogP contribution in [0.15, 0.2) is 53.4 Å². The van der Waals surface area contributed by atoms with E-state index in [0.29, 0.717) is 5.94 Å². The number of ether oxygens (including phenoxy) is 1. The minimum atomic E-state index is 0.588. The topological polar surface area (TPSA) is 9.23 Å². The molecule has 1 nitrogen and oxygen atoms in total. The smallest absolute Gasteiger partial charge is 0.138 e. The summed E-state index contributed by atoms with van der Waals surface area (Å²) in [4.78, 5) is 1.12. The molecule has 0 N–H and O–H groups in total. The predicted molar refractivity (Wildman–Crippen MR) is 74.0 cm³/mol. The van der Waals surface area contributed by atoms with Crippen LogP contribution in [0.3, 0.4) is 0 Å². The van der Waals surface area contributed by atoms with Crippen molar-refractivity contribution in [2.45, 2.75) is 11.8 Å². The molecule has 0 bridgehead atoms. The molecule has 0 saturated heterocycles. The second kappa shape index (κ2) is 5.99. The summed E-state index contributed by atoms with van der Waals surface area (Å²) in [5.74, 6) is 1.52. The molecule has 2 rings (SSSR count). The Bertz CT molecular complexity index is 499. The summed E-state index contributed by atoms with van der Waals surface area (Å²) in [6.07, 6.45) is 0. The molecule has 3 heteroatoms. The number of rotatable bonds is 4. The molecule has 0 aliphatic rings. The summed E-state index contributed by atoms with van der Waals surface area (Å²) in [5.41, 5.74) is 1.15. The molecule has 88 valence electrons. The van der Waals surface area contributed by atoms with Gasteiger partial charge < -0.3 is 4.74 Å². The number of hydrogen-bond donors (Lipinski definition) is 0. The maximum atomic E-state index is 5.91. The summed E-state index contributed by atoms with van der Waals surface area (Å²) in [6.45, 7) is 2.04. The van der Waals surface area contributed by atoms with Crippen LogP contribution in [-0.2, 0) is 0 Å². The van der Waals surface area contributed by atoms with Gasteiger partial charge >= 0.3 is 0 Å². The van der Waals surface area contributed by atoms with Crippen LogP contribution in [-0.4, -0.2) is 5.94 Å². The third kappa shape index (κ3) is 3.69. The molecule has 2 aromatic rings. The third-order valence-electron chi connectivity index (χ3n) is 2.33. The third-order valence-corrected chi connectivity index (χ3v) is 3.39. The van der Waals surface area contributed by atoms with Gasteiger partial charge in [-0.2, -0.15) is 0 Å². The molecule has 0 heterocycles. The zero-order chi connectivity index (χ0) is 12.1. The van der Waals surface area contributed by atoms with Crippen molar-refractivity contribution >= 4 is 23.4 Å². The molecule has 0 aliphatic heterocycles. The normalized spacial score (nSPS) is 10.2. The molecule has 0 fully saturated rings. The molecule has 0 aromatic heterocycles. The van der Waals surface area contributed by atoms with E-state index in [0.717, 1.165) is 21.2 Å². The highest BCUT2D eigenvalue weighted by Gasteiger charge is 1.99. The second-order valence-corrected chi connectivity index (χ2v) is 5.06. The molecule has 0 atom stereocenters. The summed E-state index contributed by atoms with van der Waals surface area (Å²) in [7, 11) is 0. The first-order chi connectivity index (χ1) is 8.25. The highest BCUT2D eigenvalue weighted by atomic mass is 35.5. The second-order valence-electron chi connectivity index (χ2n) is 3.63. The van der Waals surface area contributed by atoms with Crippen molar-refractivity contribution in [1.82, 2.24) is 0 Å². The standard InChI is InChI=1S/C14H13ClOS/c1-11-5-2-3-8-14(11)16-10-17-13-7-4-6-12(15)9-13/h2-9H,10H2,1H3. The lowest BCUT2D eigenvalue weighted by Gasteiger charge is -2.08. The van der Waals surface area contributed by atoms with E-state index in [1.165, 1.54) is 0 Å². The van der Waals surface area contributed by atoms with Gasteiger partial charge in [-0.25, -0.2) is 0 Å². The highest BCUT2D eigenvalue weighted by Crippen LogP contribution is 2.24. The summed E-state index contributed by atoms with van der Waals surface area (Å²) >= 11 is 7.54. The van der Waals surface area contributed by atoms with Crippen molar-refractivity contribution in [1.29, 1.82) is 0 Å². The molecule has 0 amide bonds. The van der Waals surface area contributed by atoms with E-state index in [2.05, 4.69) is 0 Å². The molecule has 0 unspecified atom stereocenters. The zero-order valence-electron chi connectivity index (χ0n) is 9.52. The van der Waals surface area contributed by atoms with Gasteiger partial charge in [0, 0.05) is 9.92 Å². The van der Waals surface area contributed by atoms with E-state index in [-0.39, 0.29) is 0 Å². The quantitative estimate of drug-likeness (QED) is 0.581. The van der Waals surface area contributed by atoms with Crippen molar-refractivity contribution in [3.05, 3.63) is 59.1 Å². The van der Waals surface area contributed by atoms with Crippen LogP contribution >= 0.6 is 23.4 Å². The van der Waals surface area contributed by atoms with E-state index in [4.69, 9.17) is 16.3 Å². The molecule has 17 heavy (non-hydrogen) atoms. The Morgan fingerprint density at radius 3 is 2.71 bits per heavy atom. The first kappa shape index (κ1) is 12.3. The highest BCUT2D eigenvalue weighted by molar-refractivity contribution is 7.99. The van der Waals surface area contributed by atoms with Gasteiger partial charge in [0.2, 0.25) is 0 Å². The van der Waals surface area contributed by atoms with Crippen molar-refractivity contribution in [3.63, 3.8) is 0 Å². The molecule has 0 spiro atoms. The van der Waals surface area contributed by atoms with Crippen LogP contribution in [0.2, 0.25) is 5.02 Å². The fourth-order valence-electron chi connectivity index (χ4n) is 1.44. The minimum Gasteiger partial charge on any atom is -0.482 e. The zero-order valence-corrected chi connectivity index (χ0v) is 11.1. The average Bonchev–Trinajstić information content (AvgIpc) is 2.32. The van der Waals surface area contributed by atoms with Gasteiger partial charge in [0.1, 0.15) is 11.7 Å². The summed E-state index contributed by atoms with van der Waals surface area (Å²) in [5, 5.41) is 0.755. The number of benzene rings is 2. The van der Waals surface area contributed by atoms with Gasteiger partial charge in [-0.1, -0.05) is 47.6 Å². The Morgan fingerprint density at radius 2 is 1.94 bits per heavy atom. The monoisotopic (exact) mass is 264 g/mol. The molecular weight excluding hydrogens is 252 g/mol. The fourth-order valence-corrected chi connectivity index (χ4v) is 2.40. The molecule has 0 aliphatic carbocycles. The predicted octanol–water partition coefficient (Wildman–Crippen LogP) is 4.78. The SMILES string of the molecule is Cc1ccccc1OCSc1cccc(Cl)c1. The lowest BCUT2D eigenvalue weighted by Crippen LogP contribution is -1.94. The van der Waals surface area contributed by atoms with Gasteiger partial charge in [0.25, 0.3) is 0 Å². The maximum absolute atomic E-state index is 5.91. The molecule has 0 saturated carbocycles. The van der Waals surface area contributed by atoms with E-state index in [9.17, 15) is 0 Å². The summed E-state index contributed by atoms with van der Waals surface area (Å²) in [6, 6.07) is 15.8. The lowest BCUT2D eigenvalue weighted by molar-refractivity contribution is 0.390. The first-order valence-corrected chi connectivity index (χ1v) is 6.69. The average molecular weight is 265 g/mol. The van der Waals surface area contributed by atoms with E-state index in [1.807, 2.05) is 55.5 Å². The van der Waals surface area contributed by atoms with E-state index >= 15 is 0 Å². The van der Waals surface area contributed by atoms with E-state index < -0.39 is 0 Å². The van der Waals surface area contributed by atoms with Crippen LogP contribution in [0.25, 0.3) is 0 Å². The van der Waals surface area contributed by atoms with Crippen LogP contribution in [0.5, 0.6) is 5.75 Å². The largest absolute Gasteiger partial charge is 0.482 e. The van der Waals surface area contributed by atoms with Crippen molar-refractivity contribution < 1.29 is 4.74 Å². The number of halogens is 1.